The summed E-state index contributed by atoms with van der Waals surface area (Å²) < 4.78 is 51.6. The standard InChI is InChI=1S/C7H5F4NO2/c8-6(9)7(10,11)14-5-2-1-3-12(13)4-5/h1-4,6H. The Morgan fingerprint density at radius 2 is 2.07 bits per heavy atom. The maximum absolute atomic E-state index is 12.3. The molecule has 0 spiro atoms. The van der Waals surface area contributed by atoms with E-state index in [-0.39, 0.29) is 4.73 Å². The van der Waals surface area contributed by atoms with Crippen molar-refractivity contribution in [2.75, 3.05) is 0 Å². The highest BCUT2D eigenvalue weighted by Crippen LogP contribution is 2.26. The van der Waals surface area contributed by atoms with Crippen molar-refractivity contribution in [3.8, 4) is 5.75 Å². The first-order valence-electron chi connectivity index (χ1n) is 3.45. The Labute approximate surface area is 76.1 Å². The van der Waals surface area contributed by atoms with E-state index in [0.29, 0.717) is 6.20 Å². The van der Waals surface area contributed by atoms with Crippen LogP contribution in [-0.4, -0.2) is 12.5 Å². The Balaban J connectivity index is 2.78. The third-order valence-corrected chi connectivity index (χ3v) is 1.26. The van der Waals surface area contributed by atoms with Gasteiger partial charge in [0.25, 0.3) is 0 Å². The zero-order valence-electron chi connectivity index (χ0n) is 6.66. The minimum Gasteiger partial charge on any atom is -0.619 e. The summed E-state index contributed by atoms with van der Waals surface area (Å²) in [7, 11) is 0. The molecule has 1 rings (SSSR count). The van der Waals surface area contributed by atoms with Crippen LogP contribution < -0.4 is 9.47 Å². The van der Waals surface area contributed by atoms with Gasteiger partial charge in [-0.05, 0) is 6.07 Å². The van der Waals surface area contributed by atoms with E-state index in [1.807, 2.05) is 0 Å². The van der Waals surface area contributed by atoms with Gasteiger partial charge in [0, 0.05) is 6.07 Å². The van der Waals surface area contributed by atoms with Crippen molar-refractivity contribution < 1.29 is 27.0 Å². The van der Waals surface area contributed by atoms with Crippen LogP contribution in [-0.2, 0) is 0 Å². The van der Waals surface area contributed by atoms with E-state index in [1.54, 1.807) is 0 Å². The highest BCUT2D eigenvalue weighted by atomic mass is 19.3. The SMILES string of the molecule is [O-][n+]1cccc(OC(F)(F)C(F)F)c1. The van der Waals surface area contributed by atoms with E-state index in [2.05, 4.69) is 4.74 Å². The van der Waals surface area contributed by atoms with Crippen molar-refractivity contribution in [1.29, 1.82) is 0 Å². The van der Waals surface area contributed by atoms with Crippen LogP contribution in [0.3, 0.4) is 0 Å². The molecule has 0 aliphatic heterocycles. The number of nitrogens with zero attached hydrogens (tertiary/aromatic N) is 1. The summed E-state index contributed by atoms with van der Waals surface area (Å²) >= 11 is 0. The second kappa shape index (κ2) is 3.69. The number of rotatable bonds is 3. The van der Waals surface area contributed by atoms with E-state index in [4.69, 9.17) is 0 Å². The van der Waals surface area contributed by atoms with Gasteiger partial charge in [0.1, 0.15) is 0 Å². The zero-order chi connectivity index (χ0) is 10.8. The molecular weight excluding hydrogens is 206 g/mol. The fourth-order valence-electron chi connectivity index (χ4n) is 0.696. The minimum absolute atomic E-state index is 0.164. The Morgan fingerprint density at radius 1 is 1.43 bits per heavy atom. The largest absolute Gasteiger partial charge is 0.619 e. The maximum Gasteiger partial charge on any atom is 0.461 e. The van der Waals surface area contributed by atoms with Crippen LogP contribution in [0, 0.1) is 5.21 Å². The van der Waals surface area contributed by atoms with Gasteiger partial charge < -0.3 is 9.94 Å². The third-order valence-electron chi connectivity index (χ3n) is 1.26. The smallest absolute Gasteiger partial charge is 0.461 e. The molecule has 0 saturated carbocycles. The molecule has 0 unspecified atom stereocenters. The summed E-state index contributed by atoms with van der Waals surface area (Å²) in [6, 6.07) is 2.08. The van der Waals surface area contributed by atoms with Gasteiger partial charge in [-0.3, -0.25) is 0 Å². The van der Waals surface area contributed by atoms with Gasteiger partial charge in [-0.25, -0.2) is 0 Å². The van der Waals surface area contributed by atoms with Gasteiger partial charge in [0.05, 0.1) is 0 Å². The van der Waals surface area contributed by atoms with Crippen molar-refractivity contribution in [1.82, 2.24) is 0 Å². The van der Waals surface area contributed by atoms with Gasteiger partial charge in [-0.15, -0.1) is 0 Å². The average Bonchev–Trinajstić information content (AvgIpc) is 2.02. The molecule has 0 radical (unpaired) electrons. The molecule has 0 aliphatic rings. The first-order valence-corrected chi connectivity index (χ1v) is 3.45. The first kappa shape index (κ1) is 10.6. The summed E-state index contributed by atoms with van der Waals surface area (Å²) in [5.74, 6) is -0.618. The van der Waals surface area contributed by atoms with Crippen LogP contribution >= 0.6 is 0 Å². The van der Waals surface area contributed by atoms with Gasteiger partial charge >= 0.3 is 12.5 Å². The van der Waals surface area contributed by atoms with Crippen LogP contribution in [0.25, 0.3) is 0 Å². The van der Waals surface area contributed by atoms with E-state index in [1.165, 1.54) is 0 Å². The lowest BCUT2D eigenvalue weighted by molar-refractivity contribution is -0.606. The van der Waals surface area contributed by atoms with E-state index in [0.717, 1.165) is 18.3 Å². The van der Waals surface area contributed by atoms with Crippen LogP contribution in [0.4, 0.5) is 17.6 Å². The molecule has 0 amide bonds. The third kappa shape index (κ3) is 2.48. The summed E-state index contributed by atoms with van der Waals surface area (Å²) in [5, 5.41) is 10.6. The molecule has 1 heterocycles. The Bertz CT molecular complexity index is 318. The molecule has 0 fully saturated rings. The second-order valence-electron chi connectivity index (χ2n) is 2.36. The molecule has 14 heavy (non-hydrogen) atoms. The number of ether oxygens (including phenoxy) is 1. The number of hydrogen-bond donors (Lipinski definition) is 0. The number of alkyl halides is 4. The van der Waals surface area contributed by atoms with E-state index < -0.39 is 18.3 Å². The van der Waals surface area contributed by atoms with Gasteiger partial charge in [0.2, 0.25) is 6.20 Å². The maximum atomic E-state index is 12.3. The highest BCUT2D eigenvalue weighted by molar-refractivity contribution is 5.13. The van der Waals surface area contributed by atoms with Crippen molar-refractivity contribution in [2.24, 2.45) is 0 Å². The predicted molar refractivity (Wildman–Crippen MR) is 37.0 cm³/mol. The molecule has 78 valence electrons. The quantitative estimate of drug-likeness (QED) is 0.432. The molecule has 0 bridgehead atoms. The topological polar surface area (TPSA) is 36.2 Å². The highest BCUT2D eigenvalue weighted by Gasteiger charge is 2.44. The average molecular weight is 211 g/mol. The predicted octanol–water partition coefficient (Wildman–Crippen LogP) is 1.56. The Kier molecular flexibility index (Phi) is 2.78. The lowest BCUT2D eigenvalue weighted by Gasteiger charge is -2.15. The molecule has 0 atom stereocenters. The molecule has 1 aromatic heterocycles. The fraction of sp³-hybridized carbons (Fsp3) is 0.286. The van der Waals surface area contributed by atoms with Crippen molar-refractivity contribution in [3.05, 3.63) is 29.7 Å². The lowest BCUT2D eigenvalue weighted by atomic mass is 10.4. The van der Waals surface area contributed by atoms with Crippen molar-refractivity contribution >= 4 is 0 Å². The summed E-state index contributed by atoms with van der Waals surface area (Å²) in [6.07, 6.45) is -6.90. The fourth-order valence-corrected chi connectivity index (χ4v) is 0.696. The number of aromatic nitrogens is 1. The van der Waals surface area contributed by atoms with E-state index >= 15 is 0 Å². The lowest BCUT2D eigenvalue weighted by Crippen LogP contribution is -2.34. The normalized spacial score (nSPS) is 11.8. The molecule has 7 heteroatoms. The molecule has 3 nitrogen and oxygen atoms in total. The van der Waals surface area contributed by atoms with Crippen LogP contribution in [0.5, 0.6) is 5.75 Å². The van der Waals surface area contributed by atoms with Crippen LogP contribution in [0.15, 0.2) is 24.5 Å². The molecule has 0 N–H and O–H groups in total. The second-order valence-corrected chi connectivity index (χ2v) is 2.36. The minimum atomic E-state index is -4.59. The van der Waals surface area contributed by atoms with Gasteiger partial charge in [-0.1, -0.05) is 0 Å². The summed E-state index contributed by atoms with van der Waals surface area (Å²) in [5.41, 5.74) is 0. The number of halogens is 4. The van der Waals surface area contributed by atoms with Crippen molar-refractivity contribution in [3.63, 3.8) is 0 Å². The van der Waals surface area contributed by atoms with Crippen LogP contribution in [0.1, 0.15) is 0 Å². The summed E-state index contributed by atoms with van der Waals surface area (Å²) in [6.45, 7) is 0. The molecule has 0 aliphatic carbocycles. The van der Waals surface area contributed by atoms with Crippen LogP contribution in [0.2, 0.25) is 0 Å². The van der Waals surface area contributed by atoms with E-state index in [9.17, 15) is 22.8 Å². The first-order chi connectivity index (χ1) is 6.42. The number of hydrogen-bond acceptors (Lipinski definition) is 2. The Hall–Kier alpha value is -1.53. The van der Waals surface area contributed by atoms with Crippen molar-refractivity contribution in [2.45, 2.75) is 12.5 Å². The molecular formula is C7H5F4NO2. The Morgan fingerprint density at radius 3 is 2.57 bits per heavy atom. The zero-order valence-corrected chi connectivity index (χ0v) is 6.66. The molecule has 0 saturated heterocycles. The molecule has 0 aromatic carbocycles. The number of pyridine rings is 1. The monoisotopic (exact) mass is 211 g/mol. The summed E-state index contributed by atoms with van der Waals surface area (Å²) in [4.78, 5) is 0. The van der Waals surface area contributed by atoms with Gasteiger partial charge in [0.15, 0.2) is 11.9 Å². The van der Waals surface area contributed by atoms with Gasteiger partial charge in [-0.2, -0.15) is 22.3 Å². The molecule has 1 aromatic rings.